The summed E-state index contributed by atoms with van der Waals surface area (Å²) in [6.07, 6.45) is 4.55. The minimum Gasteiger partial charge on any atom is -0.360 e. The summed E-state index contributed by atoms with van der Waals surface area (Å²) in [5.41, 5.74) is 2.57. The molecule has 24 heavy (non-hydrogen) atoms. The van der Waals surface area contributed by atoms with E-state index in [1.807, 2.05) is 41.2 Å². The number of anilines is 1. The molecule has 0 aliphatic carbocycles. The van der Waals surface area contributed by atoms with Crippen LogP contribution in [0, 0.1) is 0 Å². The Morgan fingerprint density at radius 1 is 1.38 bits per heavy atom. The maximum Gasteiger partial charge on any atom is 0.252 e. The van der Waals surface area contributed by atoms with Crippen molar-refractivity contribution >= 4 is 23.2 Å². The van der Waals surface area contributed by atoms with Gasteiger partial charge in [0.05, 0.1) is 11.4 Å². The van der Waals surface area contributed by atoms with Gasteiger partial charge in [-0.1, -0.05) is 0 Å². The summed E-state index contributed by atoms with van der Waals surface area (Å²) in [4.78, 5) is 26.4. The normalized spacial score (nSPS) is 17.2. The van der Waals surface area contributed by atoms with Gasteiger partial charge in [0.2, 0.25) is 5.95 Å². The number of aromatic nitrogens is 3. The number of carbonyl (C=O) groups is 1. The maximum atomic E-state index is 12.2. The third-order valence-electron chi connectivity index (χ3n) is 4.11. The third-order valence-corrected chi connectivity index (χ3v) is 4.79. The van der Waals surface area contributed by atoms with Crippen molar-refractivity contribution in [1.29, 1.82) is 0 Å². The molecule has 0 saturated carbocycles. The molecule has 1 unspecified atom stereocenters. The first kappa shape index (κ1) is 14.9. The Kier molecular flexibility index (Phi) is 4.00. The second kappa shape index (κ2) is 6.45. The van der Waals surface area contributed by atoms with E-state index in [-0.39, 0.29) is 11.9 Å². The fourth-order valence-corrected chi connectivity index (χ4v) is 3.50. The van der Waals surface area contributed by atoms with Gasteiger partial charge in [-0.25, -0.2) is 9.97 Å². The lowest BCUT2D eigenvalue weighted by molar-refractivity contribution is 0.0941. The van der Waals surface area contributed by atoms with Gasteiger partial charge in [-0.3, -0.25) is 4.79 Å². The van der Waals surface area contributed by atoms with Crippen LogP contribution in [0.25, 0.3) is 11.4 Å². The first-order valence-corrected chi connectivity index (χ1v) is 8.79. The lowest BCUT2D eigenvalue weighted by Crippen LogP contribution is -2.37. The third kappa shape index (κ3) is 3.03. The molecule has 0 aromatic carbocycles. The molecule has 7 heteroatoms. The highest BCUT2D eigenvalue weighted by molar-refractivity contribution is 7.08. The Bertz CT molecular complexity index is 815. The number of rotatable bonds is 4. The lowest BCUT2D eigenvalue weighted by Gasteiger charge is -2.17. The summed E-state index contributed by atoms with van der Waals surface area (Å²) in [7, 11) is 0. The molecule has 0 bridgehead atoms. The molecular weight excluding hydrogens is 322 g/mol. The molecule has 1 aliphatic heterocycles. The van der Waals surface area contributed by atoms with E-state index >= 15 is 0 Å². The van der Waals surface area contributed by atoms with Crippen LogP contribution >= 0.6 is 11.3 Å². The summed E-state index contributed by atoms with van der Waals surface area (Å²) in [6.45, 7) is 1.56. The van der Waals surface area contributed by atoms with E-state index in [2.05, 4.69) is 25.2 Å². The van der Waals surface area contributed by atoms with Crippen molar-refractivity contribution in [3.63, 3.8) is 0 Å². The molecule has 2 N–H and O–H groups in total. The van der Waals surface area contributed by atoms with Crippen LogP contribution < -0.4 is 10.2 Å². The van der Waals surface area contributed by atoms with Crippen LogP contribution in [-0.4, -0.2) is 40.0 Å². The smallest absolute Gasteiger partial charge is 0.252 e. The highest BCUT2D eigenvalue weighted by Gasteiger charge is 2.26. The van der Waals surface area contributed by atoms with Crippen LogP contribution in [0.1, 0.15) is 16.8 Å². The van der Waals surface area contributed by atoms with Gasteiger partial charge < -0.3 is 15.2 Å². The summed E-state index contributed by atoms with van der Waals surface area (Å²) >= 11 is 1.53. The predicted octanol–water partition coefficient (Wildman–Crippen LogP) is 2.54. The second-order valence-electron chi connectivity index (χ2n) is 5.74. The maximum absolute atomic E-state index is 12.2. The fraction of sp³-hybridized carbons (Fsp3) is 0.235. The number of nitrogens with one attached hydrogen (secondary N) is 2. The number of carbonyl (C=O) groups excluding carboxylic acids is 1. The monoisotopic (exact) mass is 339 g/mol. The van der Waals surface area contributed by atoms with Crippen molar-refractivity contribution in [3.05, 3.63) is 53.0 Å². The van der Waals surface area contributed by atoms with Crippen molar-refractivity contribution in [2.75, 3.05) is 18.0 Å². The molecule has 1 saturated heterocycles. The standard InChI is InChI=1S/C17H17N5OS/c23-16(12-5-9-24-11-12)20-13-4-8-22(10-13)17-19-7-3-15(21-17)14-2-1-6-18-14/h1-3,5-7,9,11,13,18H,4,8,10H2,(H,20,23). The zero-order valence-electron chi connectivity index (χ0n) is 13.0. The van der Waals surface area contributed by atoms with E-state index in [1.54, 1.807) is 6.20 Å². The molecule has 6 nitrogen and oxygen atoms in total. The van der Waals surface area contributed by atoms with Crippen LogP contribution in [-0.2, 0) is 0 Å². The average molecular weight is 339 g/mol. The second-order valence-corrected chi connectivity index (χ2v) is 6.52. The molecule has 1 aliphatic rings. The average Bonchev–Trinajstić information content (AvgIpc) is 3.36. The van der Waals surface area contributed by atoms with Gasteiger partial charge >= 0.3 is 0 Å². The summed E-state index contributed by atoms with van der Waals surface area (Å²) in [5, 5.41) is 6.87. The highest BCUT2D eigenvalue weighted by Crippen LogP contribution is 2.20. The van der Waals surface area contributed by atoms with Gasteiger partial charge in [0.25, 0.3) is 5.91 Å². The lowest BCUT2D eigenvalue weighted by atomic mass is 10.2. The van der Waals surface area contributed by atoms with Gasteiger partial charge in [-0.15, -0.1) is 0 Å². The van der Waals surface area contributed by atoms with Crippen LogP contribution in [0.4, 0.5) is 5.95 Å². The molecule has 1 amide bonds. The summed E-state index contributed by atoms with van der Waals surface area (Å²) in [5.74, 6) is 0.693. The van der Waals surface area contributed by atoms with Crippen molar-refractivity contribution < 1.29 is 4.79 Å². The van der Waals surface area contributed by atoms with Crippen LogP contribution in [0.15, 0.2) is 47.4 Å². The summed E-state index contributed by atoms with van der Waals surface area (Å²) < 4.78 is 0. The van der Waals surface area contributed by atoms with Gasteiger partial charge in [-0.2, -0.15) is 11.3 Å². The molecule has 3 aromatic rings. The molecule has 0 spiro atoms. The highest BCUT2D eigenvalue weighted by atomic mass is 32.1. The molecular formula is C17H17N5OS. The number of nitrogens with zero attached hydrogens (tertiary/aromatic N) is 3. The minimum atomic E-state index is -0.0100. The Hall–Kier alpha value is -2.67. The number of aromatic amines is 1. The fourth-order valence-electron chi connectivity index (χ4n) is 2.86. The number of hydrogen-bond donors (Lipinski definition) is 2. The van der Waals surface area contributed by atoms with Gasteiger partial charge in [0.1, 0.15) is 0 Å². The SMILES string of the molecule is O=C(NC1CCN(c2nccc(-c3ccc[nH]3)n2)C1)c1ccsc1. The van der Waals surface area contributed by atoms with Gasteiger partial charge in [-0.05, 0) is 36.1 Å². The van der Waals surface area contributed by atoms with Crippen molar-refractivity contribution in [2.24, 2.45) is 0 Å². The number of amides is 1. The number of hydrogen-bond acceptors (Lipinski definition) is 5. The minimum absolute atomic E-state index is 0.0100. The number of H-pyrrole nitrogens is 1. The predicted molar refractivity (Wildman–Crippen MR) is 94.2 cm³/mol. The van der Waals surface area contributed by atoms with Gasteiger partial charge in [0, 0.05) is 42.5 Å². The quantitative estimate of drug-likeness (QED) is 0.766. The zero-order chi connectivity index (χ0) is 16.4. The largest absolute Gasteiger partial charge is 0.360 e. The van der Waals surface area contributed by atoms with Crippen molar-refractivity contribution in [3.8, 4) is 11.4 Å². The van der Waals surface area contributed by atoms with Crippen LogP contribution in [0.5, 0.6) is 0 Å². The Morgan fingerprint density at radius 2 is 2.33 bits per heavy atom. The molecule has 1 fully saturated rings. The van der Waals surface area contributed by atoms with Crippen molar-refractivity contribution in [1.82, 2.24) is 20.3 Å². The van der Waals surface area contributed by atoms with E-state index in [9.17, 15) is 4.79 Å². The van der Waals surface area contributed by atoms with E-state index < -0.39 is 0 Å². The van der Waals surface area contributed by atoms with E-state index in [0.29, 0.717) is 5.95 Å². The zero-order valence-corrected chi connectivity index (χ0v) is 13.8. The molecule has 4 rings (SSSR count). The summed E-state index contributed by atoms with van der Waals surface area (Å²) in [6, 6.07) is 7.79. The van der Waals surface area contributed by atoms with E-state index in [1.165, 1.54) is 11.3 Å². The first-order valence-electron chi connectivity index (χ1n) is 7.84. The van der Waals surface area contributed by atoms with Crippen molar-refractivity contribution in [2.45, 2.75) is 12.5 Å². The Labute approximate surface area is 143 Å². The van der Waals surface area contributed by atoms with E-state index in [4.69, 9.17) is 0 Å². The number of thiophene rings is 1. The first-order chi connectivity index (χ1) is 11.8. The molecule has 122 valence electrons. The van der Waals surface area contributed by atoms with Crippen LogP contribution in [0.3, 0.4) is 0 Å². The Morgan fingerprint density at radius 3 is 3.12 bits per heavy atom. The molecule has 3 aromatic heterocycles. The molecule has 4 heterocycles. The van der Waals surface area contributed by atoms with E-state index in [0.717, 1.165) is 36.5 Å². The van der Waals surface area contributed by atoms with Gasteiger partial charge in [0.15, 0.2) is 0 Å². The molecule has 1 atom stereocenters. The molecule has 0 radical (unpaired) electrons. The topological polar surface area (TPSA) is 73.9 Å². The van der Waals surface area contributed by atoms with Crippen LogP contribution in [0.2, 0.25) is 0 Å². The Balaban J connectivity index is 1.43.